The lowest BCUT2D eigenvalue weighted by Gasteiger charge is -2.26. The van der Waals surface area contributed by atoms with Gasteiger partial charge in [0, 0.05) is 35.6 Å². The molecule has 1 aromatic heterocycles. The molecule has 1 aliphatic rings. The fourth-order valence-corrected chi connectivity index (χ4v) is 3.73. The second-order valence-electron chi connectivity index (χ2n) is 7.37. The van der Waals surface area contributed by atoms with Crippen molar-refractivity contribution in [2.45, 2.75) is 32.8 Å². The number of pyridine rings is 1. The van der Waals surface area contributed by atoms with Crippen molar-refractivity contribution in [3.63, 3.8) is 0 Å². The molecule has 3 aromatic rings. The highest BCUT2D eigenvalue weighted by Gasteiger charge is 2.18. The zero-order valence-electron chi connectivity index (χ0n) is 16.0. The van der Waals surface area contributed by atoms with Gasteiger partial charge < -0.3 is 14.6 Å². The molecule has 1 fully saturated rings. The van der Waals surface area contributed by atoms with Crippen LogP contribution in [0.4, 0.5) is 0 Å². The van der Waals surface area contributed by atoms with Crippen LogP contribution in [0.2, 0.25) is 0 Å². The molecule has 0 unspecified atom stereocenters. The summed E-state index contributed by atoms with van der Waals surface area (Å²) in [6, 6.07) is 14.9. The average Bonchev–Trinajstić information content (AvgIpc) is 2.72. The first-order valence-corrected chi connectivity index (χ1v) is 9.75. The molecular weight excluding hydrogens is 352 g/mol. The van der Waals surface area contributed by atoms with Crippen LogP contribution in [0.1, 0.15) is 40.7 Å². The van der Waals surface area contributed by atoms with Crippen molar-refractivity contribution in [1.29, 1.82) is 0 Å². The molecule has 5 heteroatoms. The number of aromatic amines is 1. The van der Waals surface area contributed by atoms with E-state index in [0.717, 1.165) is 59.3 Å². The van der Waals surface area contributed by atoms with E-state index in [-0.39, 0.29) is 11.5 Å². The number of nitrogens with one attached hydrogen (secondary N) is 1. The topological polar surface area (TPSA) is 62.4 Å². The molecule has 144 valence electrons. The van der Waals surface area contributed by atoms with E-state index in [1.54, 1.807) is 6.07 Å². The average molecular weight is 376 g/mol. The molecule has 5 nitrogen and oxygen atoms in total. The zero-order chi connectivity index (χ0) is 19.5. The predicted molar refractivity (Wildman–Crippen MR) is 110 cm³/mol. The monoisotopic (exact) mass is 376 g/mol. The maximum atomic E-state index is 12.7. The van der Waals surface area contributed by atoms with Gasteiger partial charge in [-0.25, -0.2) is 0 Å². The molecule has 0 aliphatic carbocycles. The van der Waals surface area contributed by atoms with Crippen LogP contribution in [0.15, 0.2) is 53.3 Å². The fraction of sp³-hybridized carbons (Fsp3) is 0.304. The molecule has 0 atom stereocenters. The number of likely N-dealkylation sites (tertiary alicyclic amines) is 1. The second kappa shape index (κ2) is 7.89. The van der Waals surface area contributed by atoms with E-state index in [2.05, 4.69) is 4.98 Å². The Bertz CT molecular complexity index is 1060. The summed E-state index contributed by atoms with van der Waals surface area (Å²) in [6.45, 7) is 3.99. The minimum Gasteiger partial charge on any atom is -0.489 e. The number of carbonyl (C=O) groups excluding carboxylic acids is 1. The zero-order valence-corrected chi connectivity index (χ0v) is 16.0. The Hall–Kier alpha value is -3.08. The molecule has 0 radical (unpaired) electrons. The molecule has 4 rings (SSSR count). The van der Waals surface area contributed by atoms with Gasteiger partial charge in [-0.2, -0.15) is 0 Å². The predicted octanol–water partition coefficient (Wildman–Crippen LogP) is 4.04. The number of rotatable bonds is 4. The molecule has 0 spiro atoms. The van der Waals surface area contributed by atoms with Crippen LogP contribution in [-0.2, 0) is 6.61 Å². The summed E-state index contributed by atoms with van der Waals surface area (Å²) >= 11 is 0. The number of aromatic nitrogens is 1. The normalized spacial score (nSPS) is 14.2. The van der Waals surface area contributed by atoms with E-state index in [0.29, 0.717) is 6.61 Å². The fourth-order valence-electron chi connectivity index (χ4n) is 3.73. The first kappa shape index (κ1) is 18.3. The molecule has 1 amide bonds. The molecule has 1 saturated heterocycles. The Labute approximate surface area is 163 Å². The Balaban J connectivity index is 1.48. The van der Waals surface area contributed by atoms with Crippen molar-refractivity contribution in [3.8, 4) is 5.75 Å². The highest BCUT2D eigenvalue weighted by Crippen LogP contribution is 2.22. The van der Waals surface area contributed by atoms with Gasteiger partial charge in [0.05, 0.1) is 0 Å². The lowest BCUT2D eigenvalue weighted by atomic mass is 10.1. The molecule has 2 heterocycles. The molecule has 1 aliphatic heterocycles. The Kier molecular flexibility index (Phi) is 5.15. The minimum atomic E-state index is -0.103. The third kappa shape index (κ3) is 3.93. The number of H-pyrrole nitrogens is 1. The van der Waals surface area contributed by atoms with Crippen molar-refractivity contribution < 1.29 is 9.53 Å². The van der Waals surface area contributed by atoms with E-state index in [1.165, 1.54) is 6.42 Å². The highest BCUT2D eigenvalue weighted by molar-refractivity contribution is 5.94. The molecular formula is C23H24N2O3. The minimum absolute atomic E-state index is 0.103. The van der Waals surface area contributed by atoms with Crippen LogP contribution in [0.25, 0.3) is 10.9 Å². The smallest absolute Gasteiger partial charge is 0.253 e. The molecule has 1 N–H and O–H groups in total. The number of nitrogens with zero attached hydrogens (tertiary/aromatic N) is 1. The lowest BCUT2D eigenvalue weighted by Crippen LogP contribution is -2.35. The lowest BCUT2D eigenvalue weighted by molar-refractivity contribution is 0.0724. The van der Waals surface area contributed by atoms with E-state index in [1.807, 2.05) is 54.3 Å². The molecule has 2 aromatic carbocycles. The van der Waals surface area contributed by atoms with E-state index >= 15 is 0 Å². The van der Waals surface area contributed by atoms with Gasteiger partial charge in [-0.1, -0.05) is 12.1 Å². The van der Waals surface area contributed by atoms with Crippen molar-refractivity contribution in [3.05, 3.63) is 75.6 Å². The van der Waals surface area contributed by atoms with Crippen molar-refractivity contribution in [2.24, 2.45) is 0 Å². The van der Waals surface area contributed by atoms with Crippen LogP contribution < -0.4 is 10.3 Å². The van der Waals surface area contributed by atoms with Gasteiger partial charge in [0.25, 0.3) is 5.91 Å². The van der Waals surface area contributed by atoms with Crippen molar-refractivity contribution >= 4 is 16.8 Å². The van der Waals surface area contributed by atoms with Gasteiger partial charge >= 0.3 is 0 Å². The number of hydrogen-bond donors (Lipinski definition) is 1. The van der Waals surface area contributed by atoms with Crippen LogP contribution in [0, 0.1) is 6.92 Å². The van der Waals surface area contributed by atoms with Crippen LogP contribution in [0.5, 0.6) is 5.75 Å². The van der Waals surface area contributed by atoms with E-state index in [4.69, 9.17) is 4.74 Å². The van der Waals surface area contributed by atoms with Gasteiger partial charge in [0.15, 0.2) is 0 Å². The van der Waals surface area contributed by atoms with Gasteiger partial charge in [0.2, 0.25) is 5.56 Å². The summed E-state index contributed by atoms with van der Waals surface area (Å²) in [6.07, 6.45) is 3.37. The van der Waals surface area contributed by atoms with Crippen molar-refractivity contribution in [1.82, 2.24) is 9.88 Å². The number of ether oxygens (including phenoxy) is 1. The number of piperidine rings is 1. The number of fused-ring (bicyclic) bond motifs is 1. The highest BCUT2D eigenvalue weighted by atomic mass is 16.5. The number of amides is 1. The van der Waals surface area contributed by atoms with Crippen LogP contribution in [0.3, 0.4) is 0 Å². The molecule has 0 saturated carbocycles. The first-order valence-electron chi connectivity index (χ1n) is 9.75. The largest absolute Gasteiger partial charge is 0.489 e. The Morgan fingerprint density at radius 1 is 1.07 bits per heavy atom. The van der Waals surface area contributed by atoms with Gasteiger partial charge in [-0.15, -0.1) is 0 Å². The third-order valence-electron chi connectivity index (χ3n) is 5.24. The number of benzene rings is 2. The maximum Gasteiger partial charge on any atom is 0.253 e. The summed E-state index contributed by atoms with van der Waals surface area (Å²) in [5, 5.41) is 0.964. The summed E-state index contributed by atoms with van der Waals surface area (Å²) in [4.78, 5) is 29.0. The van der Waals surface area contributed by atoms with Crippen LogP contribution in [-0.4, -0.2) is 28.9 Å². The van der Waals surface area contributed by atoms with E-state index < -0.39 is 0 Å². The summed E-state index contributed by atoms with van der Waals surface area (Å²) in [7, 11) is 0. The number of carbonyl (C=O) groups is 1. The van der Waals surface area contributed by atoms with Crippen molar-refractivity contribution in [2.75, 3.05) is 13.1 Å². The first-order chi connectivity index (χ1) is 13.6. The van der Waals surface area contributed by atoms with Crippen LogP contribution >= 0.6 is 0 Å². The van der Waals surface area contributed by atoms with Gasteiger partial charge in [0.1, 0.15) is 12.4 Å². The number of aryl methyl sites for hydroxylation is 1. The summed E-state index contributed by atoms with van der Waals surface area (Å²) in [5.41, 5.74) is 3.29. The molecule has 0 bridgehead atoms. The second-order valence-corrected chi connectivity index (χ2v) is 7.37. The van der Waals surface area contributed by atoms with E-state index in [9.17, 15) is 9.59 Å². The Morgan fingerprint density at radius 3 is 2.71 bits per heavy atom. The maximum absolute atomic E-state index is 12.7. The van der Waals surface area contributed by atoms with Gasteiger partial charge in [-0.3, -0.25) is 9.59 Å². The SMILES string of the molecule is Cc1cc(=O)[nH]c2ccc(OCc3cccc(C(=O)N4CCCCC4)c3)cc12. The standard InChI is InChI=1S/C23H24N2O3/c1-16-12-22(26)24-21-9-8-19(14-20(16)21)28-15-17-6-5-7-18(13-17)23(27)25-10-3-2-4-11-25/h5-9,12-14H,2-4,10-11,15H2,1H3,(H,24,26). The quantitative estimate of drug-likeness (QED) is 0.747. The Morgan fingerprint density at radius 2 is 1.89 bits per heavy atom. The number of hydrogen-bond acceptors (Lipinski definition) is 3. The third-order valence-corrected chi connectivity index (χ3v) is 5.24. The van der Waals surface area contributed by atoms with Gasteiger partial charge in [-0.05, 0) is 67.6 Å². The molecule has 28 heavy (non-hydrogen) atoms. The summed E-state index contributed by atoms with van der Waals surface area (Å²) < 4.78 is 5.95. The summed E-state index contributed by atoms with van der Waals surface area (Å²) in [5.74, 6) is 0.835.